The highest BCUT2D eigenvalue weighted by Crippen LogP contribution is 2.22. The fraction of sp³-hybridized carbons (Fsp3) is 0. The second kappa shape index (κ2) is 5.54. The van der Waals surface area contributed by atoms with Crippen molar-refractivity contribution in [1.82, 2.24) is 15.6 Å². The van der Waals surface area contributed by atoms with E-state index in [0.717, 1.165) is 10.6 Å². The maximum atomic E-state index is 11.8. The zero-order chi connectivity index (χ0) is 13.8. The Bertz CT molecular complexity index is 713. The molecule has 0 atom stereocenters. The lowest BCUT2D eigenvalue weighted by Gasteiger charge is -1.93. The van der Waals surface area contributed by atoms with Crippen LogP contribution in [0, 0.1) is 0 Å². The Kier molecular flexibility index (Phi) is 3.42. The Morgan fingerprint density at radius 3 is 3.15 bits per heavy atom. The lowest BCUT2D eigenvalue weighted by molar-refractivity contribution is 0.0950. The van der Waals surface area contributed by atoms with Crippen LogP contribution in [0.1, 0.15) is 16.2 Å². The molecule has 0 saturated heterocycles. The summed E-state index contributed by atoms with van der Waals surface area (Å²) in [6, 6.07) is 9.05. The number of rotatable bonds is 4. The fourth-order valence-electron chi connectivity index (χ4n) is 1.57. The van der Waals surface area contributed by atoms with Gasteiger partial charge in [0.2, 0.25) is 0 Å². The first kappa shape index (κ1) is 12.4. The van der Waals surface area contributed by atoms with Crippen LogP contribution in [-0.4, -0.2) is 22.3 Å². The highest BCUT2D eigenvalue weighted by Gasteiger charge is 2.11. The van der Waals surface area contributed by atoms with Gasteiger partial charge < -0.3 is 4.42 Å². The molecule has 0 bridgehead atoms. The summed E-state index contributed by atoms with van der Waals surface area (Å²) in [4.78, 5) is 12.8. The van der Waals surface area contributed by atoms with Crippen LogP contribution in [0.3, 0.4) is 0 Å². The van der Waals surface area contributed by atoms with Crippen LogP contribution in [0.2, 0.25) is 0 Å². The van der Waals surface area contributed by atoms with E-state index in [1.54, 1.807) is 29.5 Å². The minimum absolute atomic E-state index is 0.282. The van der Waals surface area contributed by atoms with Crippen molar-refractivity contribution in [3.8, 4) is 10.6 Å². The largest absolute Gasteiger partial charge is 0.463 e. The van der Waals surface area contributed by atoms with Crippen LogP contribution >= 0.6 is 11.3 Å². The van der Waals surface area contributed by atoms with E-state index in [9.17, 15) is 4.79 Å². The SMILES string of the molecule is O=C(N/N=C/c1ccco1)c1cc(-c2cccs2)[nH]n1. The average molecular weight is 286 g/mol. The van der Waals surface area contributed by atoms with Gasteiger partial charge in [0.1, 0.15) is 5.76 Å². The van der Waals surface area contributed by atoms with E-state index < -0.39 is 0 Å². The van der Waals surface area contributed by atoms with Crippen molar-refractivity contribution in [3.63, 3.8) is 0 Å². The summed E-state index contributed by atoms with van der Waals surface area (Å²) in [5.74, 6) is 0.179. The Balaban J connectivity index is 1.66. The van der Waals surface area contributed by atoms with E-state index in [2.05, 4.69) is 20.7 Å². The number of carbonyl (C=O) groups is 1. The lowest BCUT2D eigenvalue weighted by atomic mass is 10.3. The first-order chi connectivity index (χ1) is 9.83. The number of H-pyrrole nitrogens is 1. The van der Waals surface area contributed by atoms with Crippen molar-refractivity contribution >= 4 is 23.5 Å². The van der Waals surface area contributed by atoms with Gasteiger partial charge in [0, 0.05) is 0 Å². The smallest absolute Gasteiger partial charge is 0.291 e. The number of amides is 1. The normalized spacial score (nSPS) is 11.0. The predicted octanol–water partition coefficient (Wildman–Crippen LogP) is 2.50. The standard InChI is InChI=1S/C13H10N4O2S/c18-13(17-14-8-9-3-1-5-19-9)11-7-10(15-16-11)12-4-2-6-20-12/h1-8H,(H,15,16)(H,17,18)/b14-8+. The first-order valence-electron chi connectivity index (χ1n) is 5.79. The van der Waals surface area contributed by atoms with Gasteiger partial charge in [0.05, 0.1) is 23.0 Å². The summed E-state index contributed by atoms with van der Waals surface area (Å²) in [6.07, 6.45) is 2.95. The molecule has 0 fully saturated rings. The quantitative estimate of drug-likeness (QED) is 0.571. The number of aromatic nitrogens is 2. The van der Waals surface area contributed by atoms with E-state index in [1.165, 1.54) is 12.5 Å². The van der Waals surface area contributed by atoms with Gasteiger partial charge in [-0.3, -0.25) is 9.89 Å². The number of carbonyl (C=O) groups excluding carboxylic acids is 1. The topological polar surface area (TPSA) is 83.3 Å². The van der Waals surface area contributed by atoms with Crippen molar-refractivity contribution in [1.29, 1.82) is 0 Å². The highest BCUT2D eigenvalue weighted by molar-refractivity contribution is 7.13. The van der Waals surface area contributed by atoms with Gasteiger partial charge in [0.25, 0.3) is 5.91 Å². The van der Waals surface area contributed by atoms with Gasteiger partial charge >= 0.3 is 0 Å². The third-order valence-corrected chi connectivity index (χ3v) is 3.40. The molecule has 6 nitrogen and oxygen atoms in total. The zero-order valence-electron chi connectivity index (χ0n) is 10.2. The van der Waals surface area contributed by atoms with Crippen LogP contribution in [0.4, 0.5) is 0 Å². The van der Waals surface area contributed by atoms with Gasteiger partial charge in [-0.15, -0.1) is 11.3 Å². The third kappa shape index (κ3) is 2.67. The molecule has 0 spiro atoms. The van der Waals surface area contributed by atoms with Crippen LogP contribution in [0.15, 0.2) is 51.5 Å². The van der Waals surface area contributed by atoms with Crippen molar-refractivity contribution in [2.24, 2.45) is 5.10 Å². The molecule has 3 rings (SSSR count). The molecule has 3 aromatic rings. The molecular formula is C13H10N4O2S. The lowest BCUT2D eigenvalue weighted by Crippen LogP contribution is -2.17. The van der Waals surface area contributed by atoms with E-state index in [4.69, 9.17) is 4.42 Å². The predicted molar refractivity (Wildman–Crippen MR) is 75.7 cm³/mol. The zero-order valence-corrected chi connectivity index (χ0v) is 11.1. The van der Waals surface area contributed by atoms with Gasteiger partial charge in [-0.25, -0.2) is 5.43 Å². The first-order valence-corrected chi connectivity index (χ1v) is 6.67. The number of hydrogen-bond acceptors (Lipinski definition) is 5. The molecule has 3 heterocycles. The van der Waals surface area contributed by atoms with Crippen molar-refractivity contribution < 1.29 is 9.21 Å². The second-order valence-electron chi connectivity index (χ2n) is 3.86. The Morgan fingerprint density at radius 2 is 2.40 bits per heavy atom. The highest BCUT2D eigenvalue weighted by atomic mass is 32.1. The van der Waals surface area contributed by atoms with E-state index in [1.807, 2.05) is 17.5 Å². The maximum absolute atomic E-state index is 11.8. The van der Waals surface area contributed by atoms with E-state index >= 15 is 0 Å². The van der Waals surface area contributed by atoms with Crippen LogP contribution in [-0.2, 0) is 0 Å². The maximum Gasteiger partial charge on any atom is 0.291 e. The molecule has 1 amide bonds. The fourth-order valence-corrected chi connectivity index (χ4v) is 2.27. The number of furan rings is 1. The monoisotopic (exact) mass is 286 g/mol. The van der Waals surface area contributed by atoms with Gasteiger partial charge in [-0.05, 0) is 29.6 Å². The van der Waals surface area contributed by atoms with Gasteiger partial charge in [0.15, 0.2) is 5.69 Å². The summed E-state index contributed by atoms with van der Waals surface area (Å²) in [5.41, 5.74) is 3.48. The number of hydrazone groups is 1. The van der Waals surface area contributed by atoms with Crippen LogP contribution in [0.5, 0.6) is 0 Å². The van der Waals surface area contributed by atoms with E-state index in [-0.39, 0.29) is 11.6 Å². The Labute approximate surface area is 118 Å². The number of aromatic amines is 1. The van der Waals surface area contributed by atoms with Crippen molar-refractivity contribution in [3.05, 3.63) is 53.4 Å². The van der Waals surface area contributed by atoms with Crippen LogP contribution < -0.4 is 5.43 Å². The molecule has 0 aliphatic rings. The molecule has 2 N–H and O–H groups in total. The molecule has 0 aromatic carbocycles. The van der Waals surface area contributed by atoms with Crippen molar-refractivity contribution in [2.45, 2.75) is 0 Å². The number of thiophene rings is 1. The number of nitrogens with zero attached hydrogens (tertiary/aromatic N) is 2. The average Bonchev–Trinajstić information content (AvgIpc) is 3.20. The Morgan fingerprint density at radius 1 is 1.45 bits per heavy atom. The summed E-state index contributed by atoms with van der Waals surface area (Å²) in [5, 5.41) is 12.5. The van der Waals surface area contributed by atoms with Crippen LogP contribution in [0.25, 0.3) is 10.6 Å². The number of nitrogens with one attached hydrogen (secondary N) is 2. The van der Waals surface area contributed by atoms with Gasteiger partial charge in [-0.1, -0.05) is 6.07 Å². The molecule has 0 aliphatic carbocycles. The molecular weight excluding hydrogens is 276 g/mol. The summed E-state index contributed by atoms with van der Waals surface area (Å²) in [7, 11) is 0. The minimum Gasteiger partial charge on any atom is -0.463 e. The molecule has 3 aromatic heterocycles. The summed E-state index contributed by atoms with van der Waals surface area (Å²) >= 11 is 1.57. The molecule has 0 unspecified atom stereocenters. The summed E-state index contributed by atoms with van der Waals surface area (Å²) in [6.45, 7) is 0. The second-order valence-corrected chi connectivity index (χ2v) is 4.81. The van der Waals surface area contributed by atoms with E-state index in [0.29, 0.717) is 5.76 Å². The van der Waals surface area contributed by atoms with Crippen molar-refractivity contribution in [2.75, 3.05) is 0 Å². The molecule has 20 heavy (non-hydrogen) atoms. The minimum atomic E-state index is -0.383. The molecule has 0 saturated carbocycles. The Hall–Kier alpha value is -2.67. The molecule has 100 valence electrons. The molecule has 0 aliphatic heterocycles. The molecule has 7 heteroatoms. The molecule has 0 radical (unpaired) electrons. The third-order valence-electron chi connectivity index (χ3n) is 2.50. The van der Waals surface area contributed by atoms with Gasteiger partial charge in [-0.2, -0.15) is 10.2 Å². The number of hydrogen-bond donors (Lipinski definition) is 2. The summed E-state index contributed by atoms with van der Waals surface area (Å²) < 4.78 is 5.05.